The van der Waals surface area contributed by atoms with E-state index in [2.05, 4.69) is 32.8 Å². The van der Waals surface area contributed by atoms with E-state index in [4.69, 9.17) is 0 Å². The van der Waals surface area contributed by atoms with E-state index in [1.54, 1.807) is 0 Å². The summed E-state index contributed by atoms with van der Waals surface area (Å²) in [5.41, 5.74) is 0.457. The topological polar surface area (TPSA) is 46.4 Å². The summed E-state index contributed by atoms with van der Waals surface area (Å²) in [6.07, 6.45) is 11.0. The number of hydrogen-bond acceptors (Lipinski definition) is 3. The third-order valence-electron chi connectivity index (χ3n) is 9.57. The molecule has 0 radical (unpaired) electrons. The molecule has 4 fully saturated rings. The van der Waals surface area contributed by atoms with Crippen molar-refractivity contribution in [1.82, 2.24) is 4.90 Å². The lowest BCUT2D eigenvalue weighted by Gasteiger charge is -2.60. The normalized spacial score (nSPS) is 50.3. The van der Waals surface area contributed by atoms with Crippen molar-refractivity contribution in [3.05, 3.63) is 10.1 Å². The van der Waals surface area contributed by atoms with Crippen molar-refractivity contribution < 1.29 is 4.92 Å². The summed E-state index contributed by atoms with van der Waals surface area (Å²) in [5.74, 6) is 3.04. The fourth-order valence-electron chi connectivity index (χ4n) is 8.02. The number of nitrogens with zero attached hydrogens (tertiary/aromatic N) is 2. The van der Waals surface area contributed by atoms with Gasteiger partial charge in [0.15, 0.2) is 0 Å². The maximum Gasteiger partial charge on any atom is 0.218 e. The van der Waals surface area contributed by atoms with Crippen LogP contribution in [-0.4, -0.2) is 36.0 Å². The molecule has 0 aromatic heterocycles. The molecule has 5 heteroatoms. The van der Waals surface area contributed by atoms with E-state index in [0.717, 1.165) is 43.1 Å². The highest BCUT2D eigenvalue weighted by Gasteiger charge is 2.63. The van der Waals surface area contributed by atoms with Crippen molar-refractivity contribution in [3.63, 3.8) is 0 Å². The molecule has 4 saturated carbocycles. The molecule has 8 atom stereocenters. The van der Waals surface area contributed by atoms with E-state index in [1.807, 2.05) is 0 Å². The summed E-state index contributed by atoms with van der Waals surface area (Å²) in [6, 6.07) is 0.474. The predicted octanol–water partition coefficient (Wildman–Crippen LogP) is 5.03. The van der Waals surface area contributed by atoms with Gasteiger partial charge in [0.1, 0.15) is 0 Å². The molecular weight excluding hydrogens is 348 g/mol. The highest BCUT2D eigenvalue weighted by atomic mass is 35.5. The Morgan fingerprint density at radius 2 is 1.58 bits per heavy atom. The van der Waals surface area contributed by atoms with Gasteiger partial charge in [-0.3, -0.25) is 10.1 Å². The molecular formula is C21H37ClN2O2. The van der Waals surface area contributed by atoms with Gasteiger partial charge in [0.05, 0.1) is 0 Å². The van der Waals surface area contributed by atoms with E-state index in [9.17, 15) is 10.1 Å². The quantitative estimate of drug-likeness (QED) is 0.495. The van der Waals surface area contributed by atoms with Crippen LogP contribution in [0.25, 0.3) is 0 Å². The van der Waals surface area contributed by atoms with E-state index >= 15 is 0 Å². The Morgan fingerprint density at radius 3 is 2.23 bits per heavy atom. The fraction of sp³-hybridized carbons (Fsp3) is 1.00. The van der Waals surface area contributed by atoms with Gasteiger partial charge in [-0.25, -0.2) is 0 Å². The van der Waals surface area contributed by atoms with Gasteiger partial charge in [0.2, 0.25) is 6.04 Å². The van der Waals surface area contributed by atoms with Crippen molar-refractivity contribution in [1.29, 1.82) is 0 Å². The number of rotatable bonds is 2. The highest BCUT2D eigenvalue weighted by Crippen LogP contribution is 2.66. The Bertz CT molecular complexity index is 556. The highest BCUT2D eigenvalue weighted by molar-refractivity contribution is 5.85. The van der Waals surface area contributed by atoms with E-state index in [1.165, 1.54) is 38.5 Å². The second-order valence-electron chi connectivity index (χ2n) is 10.5. The first-order valence-corrected chi connectivity index (χ1v) is 10.6. The molecule has 0 aliphatic heterocycles. The van der Waals surface area contributed by atoms with Gasteiger partial charge in [-0.1, -0.05) is 13.8 Å². The molecule has 4 rings (SSSR count). The van der Waals surface area contributed by atoms with Crippen molar-refractivity contribution in [2.45, 2.75) is 83.7 Å². The Morgan fingerprint density at radius 1 is 0.923 bits per heavy atom. The van der Waals surface area contributed by atoms with Crippen LogP contribution in [0.15, 0.2) is 0 Å². The molecule has 4 nitrogen and oxygen atoms in total. The Labute approximate surface area is 165 Å². The summed E-state index contributed by atoms with van der Waals surface area (Å²) in [7, 11) is 4.47. The van der Waals surface area contributed by atoms with Crippen LogP contribution in [0.2, 0.25) is 0 Å². The first-order chi connectivity index (χ1) is 11.8. The molecule has 0 aromatic carbocycles. The first kappa shape index (κ1) is 20.4. The Kier molecular flexibility index (Phi) is 5.42. The smallest absolute Gasteiger partial charge is 0.218 e. The molecule has 0 N–H and O–H groups in total. The second kappa shape index (κ2) is 6.92. The van der Waals surface area contributed by atoms with Crippen LogP contribution < -0.4 is 0 Å². The van der Waals surface area contributed by atoms with Crippen molar-refractivity contribution in [2.24, 2.45) is 34.5 Å². The number of halogens is 1. The molecule has 0 aromatic rings. The lowest BCUT2D eigenvalue weighted by Crippen LogP contribution is -2.55. The molecule has 0 heterocycles. The monoisotopic (exact) mass is 384 g/mol. The first-order valence-electron chi connectivity index (χ1n) is 10.6. The average molecular weight is 385 g/mol. The zero-order valence-corrected chi connectivity index (χ0v) is 17.8. The molecule has 0 unspecified atom stereocenters. The second-order valence-corrected chi connectivity index (χ2v) is 10.5. The summed E-state index contributed by atoms with van der Waals surface area (Å²) in [6.45, 7) is 4.84. The van der Waals surface area contributed by atoms with Crippen molar-refractivity contribution in [2.75, 3.05) is 14.1 Å². The SMILES string of the molecule is CN(C)[C@@H]1CC[C@@]2(C)[C@@H](CC[C@@H]3[C@@H]2CC[C@]2(C)[C@@H]([N+](=O)[O-])CC[C@@H]32)C1.Cl. The van der Waals surface area contributed by atoms with Crippen molar-refractivity contribution in [3.8, 4) is 0 Å². The van der Waals surface area contributed by atoms with Gasteiger partial charge in [0.25, 0.3) is 0 Å². The number of hydrogen-bond donors (Lipinski definition) is 0. The van der Waals surface area contributed by atoms with Crippen LogP contribution in [0.1, 0.15) is 71.6 Å². The zero-order chi connectivity index (χ0) is 18.0. The van der Waals surface area contributed by atoms with E-state index in [-0.39, 0.29) is 28.8 Å². The van der Waals surface area contributed by atoms with Crippen LogP contribution in [0.3, 0.4) is 0 Å². The summed E-state index contributed by atoms with van der Waals surface area (Å²) < 4.78 is 0. The zero-order valence-electron chi connectivity index (χ0n) is 16.9. The molecule has 150 valence electrons. The van der Waals surface area contributed by atoms with Crippen LogP contribution >= 0.6 is 12.4 Å². The minimum Gasteiger partial charge on any atom is -0.306 e. The largest absolute Gasteiger partial charge is 0.306 e. The lowest BCUT2D eigenvalue weighted by molar-refractivity contribution is -0.540. The number of nitro groups is 1. The van der Waals surface area contributed by atoms with Crippen LogP contribution in [0, 0.1) is 44.6 Å². The van der Waals surface area contributed by atoms with Crippen LogP contribution in [-0.2, 0) is 0 Å². The van der Waals surface area contributed by atoms with Gasteiger partial charge in [-0.05, 0) is 94.5 Å². The molecule has 0 saturated heterocycles. The molecule has 0 spiro atoms. The van der Waals surface area contributed by atoms with Gasteiger partial charge in [-0.2, -0.15) is 0 Å². The third kappa shape index (κ3) is 2.82. The molecule has 4 aliphatic rings. The van der Waals surface area contributed by atoms with Gasteiger partial charge >= 0.3 is 0 Å². The molecule has 26 heavy (non-hydrogen) atoms. The maximum absolute atomic E-state index is 11.6. The van der Waals surface area contributed by atoms with Gasteiger partial charge in [-0.15, -0.1) is 12.4 Å². The molecule has 0 bridgehead atoms. The van der Waals surface area contributed by atoms with E-state index < -0.39 is 0 Å². The molecule has 0 amide bonds. The van der Waals surface area contributed by atoms with E-state index in [0.29, 0.717) is 11.3 Å². The predicted molar refractivity (Wildman–Crippen MR) is 107 cm³/mol. The van der Waals surface area contributed by atoms with Gasteiger partial charge < -0.3 is 4.90 Å². The van der Waals surface area contributed by atoms with Crippen LogP contribution in [0.5, 0.6) is 0 Å². The maximum atomic E-state index is 11.6. The average Bonchev–Trinajstić information content (AvgIpc) is 2.91. The van der Waals surface area contributed by atoms with Gasteiger partial charge in [0, 0.05) is 22.8 Å². The minimum atomic E-state index is -0.284. The number of fused-ring (bicyclic) bond motifs is 5. The van der Waals surface area contributed by atoms with Crippen molar-refractivity contribution >= 4 is 12.4 Å². The fourth-order valence-corrected chi connectivity index (χ4v) is 8.02. The summed E-state index contributed by atoms with van der Waals surface area (Å²) in [4.78, 5) is 14.1. The minimum absolute atomic E-state index is 0. The third-order valence-corrected chi connectivity index (χ3v) is 9.57. The lowest BCUT2D eigenvalue weighted by atomic mass is 9.45. The standard InChI is InChI=1S/C21H36N2O2.ClH/c1-20-11-9-15(22(3)4)13-14(20)5-6-16-17-7-8-19(23(24)25)21(17,2)12-10-18(16)20;/h14-19H,5-13H2,1-4H3;1H/t14-,15+,16-,17-,18-,19-,20-,21-;/m0./s1. The summed E-state index contributed by atoms with van der Waals surface area (Å²) in [5, 5.41) is 11.6. The molecule has 4 aliphatic carbocycles. The Balaban J connectivity index is 0.00000196. The summed E-state index contributed by atoms with van der Waals surface area (Å²) >= 11 is 0. The van der Waals surface area contributed by atoms with Crippen LogP contribution in [0.4, 0.5) is 0 Å². The Hall–Kier alpha value is -0.350.